The van der Waals surface area contributed by atoms with Crippen LogP contribution in [0, 0.1) is 11.3 Å². The van der Waals surface area contributed by atoms with Crippen LogP contribution in [0.4, 0.5) is 5.69 Å². The minimum Gasteiger partial charge on any atom is -0.497 e. The van der Waals surface area contributed by atoms with Crippen LogP contribution in [0.15, 0.2) is 48.5 Å². The lowest BCUT2D eigenvalue weighted by Gasteiger charge is -2.15. The zero-order chi connectivity index (χ0) is 15.2. The van der Waals surface area contributed by atoms with Gasteiger partial charge in [0.15, 0.2) is 0 Å². The molecule has 0 aliphatic heterocycles. The molecule has 0 aliphatic rings. The van der Waals surface area contributed by atoms with Gasteiger partial charge in [-0.1, -0.05) is 24.3 Å². The highest BCUT2D eigenvalue weighted by molar-refractivity contribution is 5.47. The Morgan fingerprint density at radius 3 is 2.14 bits per heavy atom. The molecule has 0 N–H and O–H groups in total. The molecule has 0 amide bonds. The molecule has 2 aromatic carbocycles. The van der Waals surface area contributed by atoms with E-state index in [2.05, 4.69) is 11.0 Å². The molecule has 2 aromatic rings. The zero-order valence-corrected chi connectivity index (χ0v) is 12.7. The number of anilines is 1. The Labute approximate surface area is 126 Å². The first-order chi connectivity index (χ1) is 10.1. The van der Waals surface area contributed by atoms with E-state index >= 15 is 0 Å². The number of methoxy groups -OCH3 is 1. The Kier molecular flexibility index (Phi) is 4.84. The van der Waals surface area contributed by atoms with Gasteiger partial charge in [-0.25, -0.2) is 0 Å². The number of nitrogens with zero attached hydrogens (tertiary/aromatic N) is 2. The van der Waals surface area contributed by atoms with Gasteiger partial charge >= 0.3 is 0 Å². The minimum atomic E-state index is -0.130. The first-order valence-electron chi connectivity index (χ1n) is 6.94. The highest BCUT2D eigenvalue weighted by atomic mass is 16.5. The van der Waals surface area contributed by atoms with Crippen molar-refractivity contribution in [1.29, 1.82) is 5.26 Å². The van der Waals surface area contributed by atoms with Gasteiger partial charge in [-0.2, -0.15) is 5.26 Å². The van der Waals surface area contributed by atoms with E-state index in [1.54, 1.807) is 7.11 Å². The number of ether oxygens (including phenoxy) is 1. The summed E-state index contributed by atoms with van der Waals surface area (Å²) in [6, 6.07) is 18.4. The van der Waals surface area contributed by atoms with E-state index in [4.69, 9.17) is 4.74 Å². The molecule has 108 valence electrons. The Bertz CT molecular complexity index is 609. The monoisotopic (exact) mass is 280 g/mol. The number of nitriles is 1. The van der Waals surface area contributed by atoms with E-state index in [1.807, 2.05) is 62.6 Å². The summed E-state index contributed by atoms with van der Waals surface area (Å²) >= 11 is 0. The van der Waals surface area contributed by atoms with Crippen LogP contribution in [0.2, 0.25) is 0 Å². The van der Waals surface area contributed by atoms with Gasteiger partial charge in [-0.15, -0.1) is 0 Å². The van der Waals surface area contributed by atoms with Crippen molar-refractivity contribution in [1.82, 2.24) is 0 Å². The molecule has 3 heteroatoms. The minimum absolute atomic E-state index is 0.130. The first kappa shape index (κ1) is 14.9. The van der Waals surface area contributed by atoms with Gasteiger partial charge in [-0.05, 0) is 41.8 Å². The third kappa shape index (κ3) is 3.76. The van der Waals surface area contributed by atoms with Gasteiger partial charge in [0.25, 0.3) is 0 Å². The molecule has 0 fully saturated rings. The maximum atomic E-state index is 9.43. The normalized spacial score (nSPS) is 11.5. The molecule has 0 bridgehead atoms. The third-order valence-electron chi connectivity index (χ3n) is 3.57. The van der Waals surface area contributed by atoms with Gasteiger partial charge in [0.1, 0.15) is 5.75 Å². The molecule has 21 heavy (non-hydrogen) atoms. The smallest absolute Gasteiger partial charge is 0.118 e. The third-order valence-corrected chi connectivity index (χ3v) is 3.57. The average Bonchev–Trinajstić information content (AvgIpc) is 2.53. The quantitative estimate of drug-likeness (QED) is 0.839. The summed E-state index contributed by atoms with van der Waals surface area (Å²) in [4.78, 5) is 2.05. The van der Waals surface area contributed by atoms with Crippen LogP contribution in [-0.4, -0.2) is 21.2 Å². The standard InChI is InChI=1S/C18H20N2O/c1-20(2)17-8-6-15(7-9-17)16(13-19)12-14-4-10-18(21-3)11-5-14/h4-11,16H,12H2,1-3H3. The summed E-state index contributed by atoms with van der Waals surface area (Å²) in [6.45, 7) is 0. The second kappa shape index (κ2) is 6.81. The zero-order valence-electron chi connectivity index (χ0n) is 12.7. The van der Waals surface area contributed by atoms with E-state index < -0.39 is 0 Å². The van der Waals surface area contributed by atoms with Crippen LogP contribution in [0.5, 0.6) is 5.75 Å². The molecule has 1 atom stereocenters. The van der Waals surface area contributed by atoms with Gasteiger partial charge in [-0.3, -0.25) is 0 Å². The predicted molar refractivity (Wildman–Crippen MR) is 85.8 cm³/mol. The fraction of sp³-hybridized carbons (Fsp3) is 0.278. The molecule has 0 aliphatic carbocycles. The van der Waals surface area contributed by atoms with Crippen LogP contribution in [0.25, 0.3) is 0 Å². The van der Waals surface area contributed by atoms with Crippen molar-refractivity contribution in [3.63, 3.8) is 0 Å². The van der Waals surface area contributed by atoms with Crippen molar-refractivity contribution < 1.29 is 4.74 Å². The summed E-state index contributed by atoms with van der Waals surface area (Å²) in [7, 11) is 5.67. The first-order valence-corrected chi connectivity index (χ1v) is 6.94. The molecule has 0 heterocycles. The number of hydrogen-bond donors (Lipinski definition) is 0. The number of hydrogen-bond acceptors (Lipinski definition) is 3. The summed E-state index contributed by atoms with van der Waals surface area (Å²) in [5.41, 5.74) is 3.33. The van der Waals surface area contributed by atoms with Crippen molar-refractivity contribution in [2.45, 2.75) is 12.3 Å². The Hall–Kier alpha value is -2.47. The Balaban J connectivity index is 2.13. The second-order valence-corrected chi connectivity index (χ2v) is 5.22. The fourth-order valence-corrected chi connectivity index (χ4v) is 2.24. The van der Waals surface area contributed by atoms with Crippen molar-refractivity contribution in [2.24, 2.45) is 0 Å². The van der Waals surface area contributed by atoms with Crippen molar-refractivity contribution >= 4 is 5.69 Å². The molecular formula is C18H20N2O. The molecule has 0 aromatic heterocycles. The largest absolute Gasteiger partial charge is 0.497 e. The molecule has 3 nitrogen and oxygen atoms in total. The number of benzene rings is 2. The van der Waals surface area contributed by atoms with Crippen LogP contribution in [-0.2, 0) is 6.42 Å². The molecule has 0 saturated heterocycles. The lowest BCUT2D eigenvalue weighted by atomic mass is 9.93. The maximum absolute atomic E-state index is 9.43. The van der Waals surface area contributed by atoms with Gasteiger partial charge in [0, 0.05) is 19.8 Å². The predicted octanol–water partition coefficient (Wildman–Crippen LogP) is 3.61. The van der Waals surface area contributed by atoms with Gasteiger partial charge in [0.05, 0.1) is 19.1 Å². The van der Waals surface area contributed by atoms with Crippen LogP contribution in [0.3, 0.4) is 0 Å². The van der Waals surface area contributed by atoms with E-state index in [9.17, 15) is 5.26 Å². The van der Waals surface area contributed by atoms with Crippen LogP contribution < -0.4 is 9.64 Å². The van der Waals surface area contributed by atoms with Crippen LogP contribution >= 0.6 is 0 Å². The van der Waals surface area contributed by atoms with E-state index in [0.29, 0.717) is 6.42 Å². The summed E-state index contributed by atoms with van der Waals surface area (Å²) in [5.74, 6) is 0.706. The molecule has 1 unspecified atom stereocenters. The van der Waals surface area contributed by atoms with Crippen molar-refractivity contribution in [3.8, 4) is 11.8 Å². The van der Waals surface area contributed by atoms with E-state index in [0.717, 1.165) is 22.6 Å². The average molecular weight is 280 g/mol. The highest BCUT2D eigenvalue weighted by Crippen LogP contribution is 2.23. The number of rotatable bonds is 5. The molecule has 0 saturated carbocycles. The van der Waals surface area contributed by atoms with Crippen LogP contribution in [0.1, 0.15) is 17.0 Å². The van der Waals surface area contributed by atoms with Crippen molar-refractivity contribution in [2.75, 3.05) is 26.1 Å². The molecular weight excluding hydrogens is 260 g/mol. The van der Waals surface area contributed by atoms with Gasteiger partial charge in [0.2, 0.25) is 0 Å². The Morgan fingerprint density at radius 2 is 1.67 bits per heavy atom. The van der Waals surface area contributed by atoms with E-state index in [-0.39, 0.29) is 5.92 Å². The second-order valence-electron chi connectivity index (χ2n) is 5.22. The molecule has 0 spiro atoms. The van der Waals surface area contributed by atoms with Gasteiger partial charge < -0.3 is 9.64 Å². The van der Waals surface area contributed by atoms with E-state index in [1.165, 1.54) is 0 Å². The summed E-state index contributed by atoms with van der Waals surface area (Å²) < 4.78 is 5.15. The summed E-state index contributed by atoms with van der Waals surface area (Å²) in [6.07, 6.45) is 0.710. The summed E-state index contributed by atoms with van der Waals surface area (Å²) in [5, 5.41) is 9.43. The topological polar surface area (TPSA) is 36.3 Å². The maximum Gasteiger partial charge on any atom is 0.118 e. The molecule has 2 rings (SSSR count). The fourth-order valence-electron chi connectivity index (χ4n) is 2.24. The van der Waals surface area contributed by atoms with Crippen molar-refractivity contribution in [3.05, 3.63) is 59.7 Å². The SMILES string of the molecule is COc1ccc(CC(C#N)c2ccc(N(C)C)cc2)cc1. The molecule has 0 radical (unpaired) electrons. The lowest BCUT2D eigenvalue weighted by Crippen LogP contribution is -2.08. The highest BCUT2D eigenvalue weighted by Gasteiger charge is 2.12. The lowest BCUT2D eigenvalue weighted by molar-refractivity contribution is 0.414. The Morgan fingerprint density at radius 1 is 1.05 bits per heavy atom.